The van der Waals surface area contributed by atoms with Crippen LogP contribution in [0.2, 0.25) is 0 Å². The molecule has 0 saturated heterocycles. The van der Waals surface area contributed by atoms with Crippen molar-refractivity contribution in [3.8, 4) is 11.1 Å². The third-order valence-corrected chi connectivity index (χ3v) is 10.0. The Morgan fingerprint density at radius 2 is 1.09 bits per heavy atom. The molecule has 0 atom stereocenters. The van der Waals surface area contributed by atoms with Crippen molar-refractivity contribution in [2.75, 3.05) is 4.90 Å². The van der Waals surface area contributed by atoms with Gasteiger partial charge in [-0.2, -0.15) is 0 Å². The van der Waals surface area contributed by atoms with Crippen LogP contribution >= 0.6 is 11.3 Å². The molecule has 1 aromatic heterocycles. The van der Waals surface area contributed by atoms with Crippen molar-refractivity contribution in [2.45, 2.75) is 0 Å². The smallest absolute Gasteiger partial charge is 0.0547 e. The Morgan fingerprint density at radius 3 is 1.95 bits per heavy atom. The topological polar surface area (TPSA) is 3.24 Å². The van der Waals surface area contributed by atoms with E-state index in [4.69, 9.17) is 0 Å². The van der Waals surface area contributed by atoms with Crippen molar-refractivity contribution in [3.63, 3.8) is 0 Å². The lowest BCUT2D eigenvalue weighted by Crippen LogP contribution is -2.10. The molecule has 9 aromatic rings. The van der Waals surface area contributed by atoms with Crippen molar-refractivity contribution < 1.29 is 0 Å². The first-order valence-corrected chi connectivity index (χ1v) is 15.8. The SMILES string of the molecule is c1ccc(N(c2ccc3ccccc3c2)c2cc3c4cc(-c5cccc6ccccc56)ccc4sc3c3ccccc23)cc1. The van der Waals surface area contributed by atoms with Gasteiger partial charge in [0.05, 0.1) is 5.69 Å². The van der Waals surface area contributed by atoms with E-state index < -0.39 is 0 Å². The molecule has 0 radical (unpaired) electrons. The van der Waals surface area contributed by atoms with Gasteiger partial charge < -0.3 is 4.90 Å². The molecule has 8 aromatic carbocycles. The number of hydrogen-bond donors (Lipinski definition) is 0. The number of hydrogen-bond acceptors (Lipinski definition) is 2. The van der Waals surface area contributed by atoms with E-state index >= 15 is 0 Å². The summed E-state index contributed by atoms with van der Waals surface area (Å²) in [5.74, 6) is 0. The van der Waals surface area contributed by atoms with Gasteiger partial charge in [-0.15, -0.1) is 11.3 Å². The lowest BCUT2D eigenvalue weighted by molar-refractivity contribution is 1.31. The number of rotatable bonds is 4. The summed E-state index contributed by atoms with van der Waals surface area (Å²) in [5, 5.41) is 10.2. The lowest BCUT2D eigenvalue weighted by atomic mass is 9.96. The molecular formula is C42H27NS. The average Bonchev–Trinajstić information content (AvgIpc) is 3.47. The monoisotopic (exact) mass is 577 g/mol. The van der Waals surface area contributed by atoms with Crippen LogP contribution in [0.25, 0.3) is 63.6 Å². The normalized spacial score (nSPS) is 11.6. The Balaban J connectivity index is 1.34. The molecule has 0 aliphatic rings. The maximum Gasteiger partial charge on any atom is 0.0547 e. The molecular weight excluding hydrogens is 551 g/mol. The fourth-order valence-corrected chi connectivity index (χ4v) is 7.93. The average molecular weight is 578 g/mol. The minimum Gasteiger partial charge on any atom is -0.310 e. The highest BCUT2D eigenvalue weighted by Crippen LogP contribution is 2.47. The van der Waals surface area contributed by atoms with Crippen molar-refractivity contribution in [2.24, 2.45) is 0 Å². The summed E-state index contributed by atoms with van der Waals surface area (Å²) in [6.07, 6.45) is 0. The summed E-state index contributed by atoms with van der Waals surface area (Å²) in [7, 11) is 0. The van der Waals surface area contributed by atoms with Crippen molar-refractivity contribution in [3.05, 3.63) is 164 Å². The number of thiophene rings is 1. The number of para-hydroxylation sites is 1. The fraction of sp³-hybridized carbons (Fsp3) is 0. The maximum absolute atomic E-state index is 2.42. The molecule has 0 amide bonds. The van der Waals surface area contributed by atoms with E-state index in [1.54, 1.807) is 0 Å². The van der Waals surface area contributed by atoms with Crippen molar-refractivity contribution in [1.29, 1.82) is 0 Å². The number of fused-ring (bicyclic) bond motifs is 7. The van der Waals surface area contributed by atoms with E-state index in [9.17, 15) is 0 Å². The summed E-state index contributed by atoms with van der Waals surface area (Å²) in [4.78, 5) is 2.42. The Hall–Kier alpha value is -5.44. The van der Waals surface area contributed by atoms with E-state index in [-0.39, 0.29) is 0 Å². The van der Waals surface area contributed by atoms with Gasteiger partial charge in [0.15, 0.2) is 0 Å². The van der Waals surface area contributed by atoms with Gasteiger partial charge in [-0.25, -0.2) is 0 Å². The van der Waals surface area contributed by atoms with Gasteiger partial charge in [0.2, 0.25) is 0 Å². The van der Waals surface area contributed by atoms with Crippen molar-refractivity contribution in [1.82, 2.24) is 0 Å². The molecule has 1 nitrogen and oxygen atoms in total. The van der Waals surface area contributed by atoms with Crippen LogP contribution < -0.4 is 4.90 Å². The molecule has 206 valence electrons. The van der Waals surface area contributed by atoms with Crippen molar-refractivity contribution >= 4 is 80.9 Å². The highest BCUT2D eigenvalue weighted by atomic mass is 32.1. The van der Waals surface area contributed by atoms with E-state index in [1.807, 2.05) is 11.3 Å². The molecule has 0 saturated carbocycles. The standard InChI is InChI=1S/C42H27NS/c1-2-15-32(16-3-1)43(33-23-21-28-11-4-5-13-30(28)25-33)40-27-39-38-26-31(35-20-10-14-29-12-6-7-17-34(29)35)22-24-41(38)44-42(39)37-19-9-8-18-36(37)40/h1-27H. The Morgan fingerprint density at radius 1 is 0.386 bits per heavy atom. The number of nitrogens with zero attached hydrogens (tertiary/aromatic N) is 1. The van der Waals surface area contributed by atoms with E-state index in [1.165, 1.54) is 69.3 Å². The van der Waals surface area contributed by atoms with Gasteiger partial charge in [-0.05, 0) is 75.1 Å². The zero-order valence-electron chi connectivity index (χ0n) is 23.9. The minimum atomic E-state index is 1.14. The Labute approximate surface area is 259 Å². The second kappa shape index (κ2) is 10.1. The summed E-state index contributed by atoms with van der Waals surface area (Å²) in [6.45, 7) is 0. The van der Waals surface area contributed by atoms with Gasteiger partial charge in [0, 0.05) is 42.3 Å². The first kappa shape index (κ1) is 25.1. The number of anilines is 3. The van der Waals surface area contributed by atoms with Crippen LogP contribution in [0.1, 0.15) is 0 Å². The summed E-state index contributed by atoms with van der Waals surface area (Å²) >= 11 is 1.89. The molecule has 2 heteroatoms. The molecule has 0 aliphatic heterocycles. The fourth-order valence-electron chi connectivity index (χ4n) is 6.73. The van der Waals surface area contributed by atoms with E-state index in [0.29, 0.717) is 0 Å². The summed E-state index contributed by atoms with van der Waals surface area (Å²) < 4.78 is 2.64. The Kier molecular flexibility index (Phi) is 5.75. The molecule has 44 heavy (non-hydrogen) atoms. The predicted octanol–water partition coefficient (Wildman–Crippen LogP) is 12.7. The molecule has 0 bridgehead atoms. The van der Waals surface area contributed by atoms with Gasteiger partial charge in [-0.3, -0.25) is 0 Å². The molecule has 0 fully saturated rings. The van der Waals surface area contributed by atoms with Crippen LogP contribution in [0.15, 0.2) is 164 Å². The third kappa shape index (κ3) is 4.00. The maximum atomic E-state index is 2.42. The number of benzene rings is 8. The molecule has 0 aliphatic carbocycles. The van der Waals surface area contributed by atoms with Gasteiger partial charge >= 0.3 is 0 Å². The highest BCUT2D eigenvalue weighted by molar-refractivity contribution is 7.26. The van der Waals surface area contributed by atoms with Crippen LogP contribution in [-0.2, 0) is 0 Å². The quantitative estimate of drug-likeness (QED) is 0.201. The van der Waals surface area contributed by atoms with Crippen LogP contribution in [0.4, 0.5) is 17.1 Å². The van der Waals surface area contributed by atoms with E-state index in [2.05, 4.69) is 169 Å². The van der Waals surface area contributed by atoms with Gasteiger partial charge in [0.25, 0.3) is 0 Å². The molecule has 0 N–H and O–H groups in total. The Bertz CT molecular complexity index is 2500. The molecule has 0 unspecified atom stereocenters. The minimum absolute atomic E-state index is 1.14. The van der Waals surface area contributed by atoms with Crippen LogP contribution in [-0.4, -0.2) is 0 Å². The predicted molar refractivity (Wildman–Crippen MR) is 192 cm³/mol. The molecule has 9 rings (SSSR count). The van der Waals surface area contributed by atoms with E-state index in [0.717, 1.165) is 11.4 Å². The first-order valence-electron chi connectivity index (χ1n) is 15.0. The zero-order chi connectivity index (χ0) is 29.0. The van der Waals surface area contributed by atoms with Gasteiger partial charge in [0.1, 0.15) is 0 Å². The zero-order valence-corrected chi connectivity index (χ0v) is 24.8. The second-order valence-corrected chi connectivity index (χ2v) is 12.4. The summed E-state index contributed by atoms with van der Waals surface area (Å²) in [5.41, 5.74) is 5.99. The molecule has 0 spiro atoms. The second-order valence-electron chi connectivity index (χ2n) is 11.4. The van der Waals surface area contributed by atoms with Gasteiger partial charge in [-0.1, -0.05) is 121 Å². The lowest BCUT2D eigenvalue weighted by Gasteiger charge is -2.27. The largest absolute Gasteiger partial charge is 0.310 e. The van der Waals surface area contributed by atoms with Crippen LogP contribution in [0.5, 0.6) is 0 Å². The summed E-state index contributed by atoms with van der Waals surface area (Å²) in [6, 6.07) is 59.7. The molecule has 1 heterocycles. The highest BCUT2D eigenvalue weighted by Gasteiger charge is 2.20. The third-order valence-electron chi connectivity index (χ3n) is 8.80. The van der Waals surface area contributed by atoms with Crippen LogP contribution in [0.3, 0.4) is 0 Å². The van der Waals surface area contributed by atoms with Crippen LogP contribution in [0, 0.1) is 0 Å². The first-order chi connectivity index (χ1) is 21.8.